The predicted molar refractivity (Wildman–Crippen MR) is 104 cm³/mol. The van der Waals surface area contributed by atoms with Crippen molar-refractivity contribution < 1.29 is 37.3 Å². The Kier molecular flexibility index (Phi) is 7.37. The molecular formula is C20H26F3N3O5. The van der Waals surface area contributed by atoms with Gasteiger partial charge in [-0.25, -0.2) is 4.79 Å². The van der Waals surface area contributed by atoms with Crippen molar-refractivity contribution in [2.24, 2.45) is 0 Å². The summed E-state index contributed by atoms with van der Waals surface area (Å²) in [4.78, 5) is 30.1. The lowest BCUT2D eigenvalue weighted by atomic mass is 9.90. The molecule has 1 unspecified atom stereocenters. The number of ether oxygens (including phenoxy) is 2. The van der Waals surface area contributed by atoms with Gasteiger partial charge in [0.2, 0.25) is 0 Å². The molecule has 1 spiro atoms. The van der Waals surface area contributed by atoms with Gasteiger partial charge in [0.05, 0.1) is 25.0 Å². The Hall–Kier alpha value is -2.40. The Labute approximate surface area is 177 Å². The summed E-state index contributed by atoms with van der Waals surface area (Å²) in [6.45, 7) is 4.49. The molecule has 2 atom stereocenters. The lowest BCUT2D eigenvalue weighted by Crippen LogP contribution is -2.61. The standard InChI is InChI=1S/C18H25N3O3.C2HF3O2/c22-17(16-5-2-10-23-16)21-9-11-24-18(14-21)6-3-8-20(13-18)15-4-1-7-19-12-15;3-2(4,5)1(6)7/h1,4,7,12,16H,2-3,5-6,8-11,13-14H2;(H,6,7)/t16-,18?;/m1./s1. The summed E-state index contributed by atoms with van der Waals surface area (Å²) in [5, 5.41) is 7.12. The summed E-state index contributed by atoms with van der Waals surface area (Å²) < 4.78 is 43.5. The van der Waals surface area contributed by atoms with E-state index in [0.29, 0.717) is 26.3 Å². The van der Waals surface area contributed by atoms with Crippen LogP contribution in [-0.4, -0.2) is 84.1 Å². The van der Waals surface area contributed by atoms with Gasteiger partial charge in [0.25, 0.3) is 5.91 Å². The number of carboxylic acids is 1. The van der Waals surface area contributed by atoms with Gasteiger partial charge in [-0.15, -0.1) is 0 Å². The summed E-state index contributed by atoms with van der Waals surface area (Å²) in [5.41, 5.74) is 0.864. The van der Waals surface area contributed by atoms with Gasteiger partial charge in [-0.1, -0.05) is 0 Å². The molecule has 11 heteroatoms. The Bertz CT molecular complexity index is 754. The monoisotopic (exact) mass is 445 g/mol. The summed E-state index contributed by atoms with van der Waals surface area (Å²) in [6, 6.07) is 4.05. The number of halogens is 3. The van der Waals surface area contributed by atoms with Crippen molar-refractivity contribution in [1.29, 1.82) is 0 Å². The van der Waals surface area contributed by atoms with E-state index in [9.17, 15) is 18.0 Å². The van der Waals surface area contributed by atoms with E-state index >= 15 is 0 Å². The average molecular weight is 445 g/mol. The first-order valence-electron chi connectivity index (χ1n) is 10.2. The summed E-state index contributed by atoms with van der Waals surface area (Å²) in [5.74, 6) is -2.61. The molecule has 0 bridgehead atoms. The normalized spacial score (nSPS) is 26.4. The molecule has 172 valence electrons. The maximum Gasteiger partial charge on any atom is 0.490 e. The first kappa shape index (κ1) is 23.3. The van der Waals surface area contributed by atoms with Crippen LogP contribution in [0.1, 0.15) is 25.7 Å². The molecule has 3 saturated heterocycles. The van der Waals surface area contributed by atoms with Crippen LogP contribution in [0.15, 0.2) is 24.5 Å². The maximum atomic E-state index is 12.7. The van der Waals surface area contributed by atoms with E-state index in [2.05, 4.69) is 16.0 Å². The first-order chi connectivity index (χ1) is 14.7. The van der Waals surface area contributed by atoms with E-state index in [0.717, 1.165) is 44.5 Å². The number of hydrogen-bond acceptors (Lipinski definition) is 6. The minimum Gasteiger partial charge on any atom is -0.475 e. The third kappa shape index (κ3) is 6.07. The highest BCUT2D eigenvalue weighted by Crippen LogP contribution is 2.32. The second kappa shape index (κ2) is 9.82. The van der Waals surface area contributed by atoms with Crippen molar-refractivity contribution in [3.05, 3.63) is 24.5 Å². The van der Waals surface area contributed by atoms with Crippen molar-refractivity contribution in [2.45, 2.75) is 43.6 Å². The van der Waals surface area contributed by atoms with Crippen LogP contribution in [0.5, 0.6) is 0 Å². The van der Waals surface area contributed by atoms with Gasteiger partial charge in [0.15, 0.2) is 0 Å². The van der Waals surface area contributed by atoms with E-state index in [1.807, 2.05) is 17.2 Å². The first-order valence-corrected chi connectivity index (χ1v) is 10.2. The topological polar surface area (TPSA) is 92.2 Å². The Morgan fingerprint density at radius 3 is 2.58 bits per heavy atom. The third-order valence-corrected chi connectivity index (χ3v) is 5.56. The van der Waals surface area contributed by atoms with Crippen LogP contribution < -0.4 is 4.90 Å². The average Bonchev–Trinajstić information content (AvgIpc) is 3.29. The number of aliphatic carboxylic acids is 1. The quantitative estimate of drug-likeness (QED) is 0.745. The zero-order valence-corrected chi connectivity index (χ0v) is 17.0. The van der Waals surface area contributed by atoms with Crippen molar-refractivity contribution in [3.63, 3.8) is 0 Å². The highest BCUT2D eigenvalue weighted by atomic mass is 19.4. The fourth-order valence-corrected chi connectivity index (χ4v) is 4.12. The minimum absolute atomic E-state index is 0.147. The number of pyridine rings is 1. The number of nitrogens with zero attached hydrogens (tertiary/aromatic N) is 3. The summed E-state index contributed by atoms with van der Waals surface area (Å²) in [6.07, 6.45) is 2.28. The van der Waals surface area contributed by atoms with E-state index < -0.39 is 12.1 Å². The smallest absolute Gasteiger partial charge is 0.475 e. The third-order valence-electron chi connectivity index (χ3n) is 5.56. The number of carbonyl (C=O) groups excluding carboxylic acids is 1. The number of carboxylic acid groups (broad SMARTS) is 1. The molecule has 1 amide bonds. The number of hydrogen-bond donors (Lipinski definition) is 1. The van der Waals surface area contributed by atoms with Crippen molar-refractivity contribution in [1.82, 2.24) is 9.88 Å². The summed E-state index contributed by atoms with van der Waals surface area (Å²) >= 11 is 0. The molecule has 3 aliphatic heterocycles. The second-order valence-electron chi connectivity index (χ2n) is 7.83. The molecule has 1 aromatic heterocycles. The molecule has 0 saturated carbocycles. The fraction of sp³-hybridized carbons (Fsp3) is 0.650. The van der Waals surface area contributed by atoms with Crippen molar-refractivity contribution in [2.75, 3.05) is 44.3 Å². The molecule has 0 aromatic carbocycles. The molecule has 8 nitrogen and oxygen atoms in total. The maximum absolute atomic E-state index is 12.7. The highest BCUT2D eigenvalue weighted by Gasteiger charge is 2.43. The van der Waals surface area contributed by atoms with Crippen LogP contribution >= 0.6 is 0 Å². The van der Waals surface area contributed by atoms with Gasteiger partial charge >= 0.3 is 12.1 Å². The predicted octanol–water partition coefficient (Wildman–Crippen LogP) is 2.09. The highest BCUT2D eigenvalue weighted by molar-refractivity contribution is 5.81. The molecule has 3 aliphatic rings. The van der Waals surface area contributed by atoms with Crippen LogP contribution in [-0.2, 0) is 19.1 Å². The van der Waals surface area contributed by atoms with Crippen LogP contribution in [0.2, 0.25) is 0 Å². The van der Waals surface area contributed by atoms with Crippen molar-refractivity contribution in [3.8, 4) is 0 Å². The van der Waals surface area contributed by atoms with E-state index in [1.165, 1.54) is 0 Å². The number of anilines is 1. The van der Waals surface area contributed by atoms with Crippen molar-refractivity contribution >= 4 is 17.6 Å². The number of rotatable bonds is 2. The van der Waals surface area contributed by atoms with Crippen LogP contribution in [0, 0.1) is 0 Å². The Morgan fingerprint density at radius 1 is 1.19 bits per heavy atom. The van der Waals surface area contributed by atoms with Crippen LogP contribution in [0.4, 0.5) is 18.9 Å². The molecule has 0 aliphatic carbocycles. The number of aromatic nitrogens is 1. The number of carbonyl (C=O) groups is 2. The molecule has 0 radical (unpaired) electrons. The fourth-order valence-electron chi connectivity index (χ4n) is 4.12. The lowest BCUT2D eigenvalue weighted by molar-refractivity contribution is -0.192. The largest absolute Gasteiger partial charge is 0.490 e. The Balaban J connectivity index is 0.000000339. The van der Waals surface area contributed by atoms with E-state index in [1.54, 1.807) is 6.20 Å². The molecule has 1 aromatic rings. The molecule has 31 heavy (non-hydrogen) atoms. The molecule has 4 rings (SSSR count). The van der Waals surface area contributed by atoms with Gasteiger partial charge in [-0.2, -0.15) is 13.2 Å². The number of alkyl halides is 3. The van der Waals surface area contributed by atoms with Gasteiger partial charge in [0, 0.05) is 32.4 Å². The zero-order valence-electron chi connectivity index (χ0n) is 17.0. The van der Waals surface area contributed by atoms with E-state index in [-0.39, 0.29) is 17.6 Å². The van der Waals surface area contributed by atoms with Crippen LogP contribution in [0.25, 0.3) is 0 Å². The minimum atomic E-state index is -5.08. The van der Waals surface area contributed by atoms with Gasteiger partial charge in [-0.05, 0) is 37.8 Å². The van der Waals surface area contributed by atoms with Gasteiger partial charge in [-0.3, -0.25) is 9.78 Å². The number of piperidine rings is 1. The van der Waals surface area contributed by atoms with Gasteiger partial charge in [0.1, 0.15) is 11.7 Å². The molecule has 3 fully saturated rings. The number of morpholine rings is 1. The zero-order chi connectivity index (χ0) is 22.5. The Morgan fingerprint density at radius 2 is 1.97 bits per heavy atom. The number of amides is 1. The van der Waals surface area contributed by atoms with E-state index in [4.69, 9.17) is 19.4 Å². The summed E-state index contributed by atoms with van der Waals surface area (Å²) in [7, 11) is 0. The van der Waals surface area contributed by atoms with Gasteiger partial charge < -0.3 is 24.4 Å². The lowest BCUT2D eigenvalue weighted by Gasteiger charge is -2.48. The second-order valence-corrected chi connectivity index (χ2v) is 7.83. The molecular weight excluding hydrogens is 419 g/mol. The molecule has 4 heterocycles. The SMILES string of the molecule is O=C(O)C(F)(F)F.O=C([C@H]1CCCO1)N1CCOC2(CCCN(c3cccnc3)C2)C1. The molecule has 1 N–H and O–H groups in total. The van der Waals surface area contributed by atoms with Crippen LogP contribution in [0.3, 0.4) is 0 Å².